The van der Waals surface area contributed by atoms with Crippen LogP contribution in [0.1, 0.15) is 12.0 Å². The van der Waals surface area contributed by atoms with Crippen LogP contribution in [0.5, 0.6) is 5.75 Å². The molecule has 0 N–H and O–H groups in total. The third-order valence-corrected chi connectivity index (χ3v) is 3.88. The largest absolute Gasteiger partial charge is 0.493 e. The number of carbonyl (C=O) groups is 1. The highest BCUT2D eigenvalue weighted by molar-refractivity contribution is 9.10. The van der Waals surface area contributed by atoms with E-state index in [2.05, 4.69) is 15.9 Å². The summed E-state index contributed by atoms with van der Waals surface area (Å²) in [4.78, 5) is 13.8. The Kier molecular flexibility index (Phi) is 6.28. The number of rotatable bonds is 6. The van der Waals surface area contributed by atoms with Gasteiger partial charge >= 0.3 is 0 Å². The Hall–Kier alpha value is -1.52. The molecule has 0 aliphatic carbocycles. The molecule has 22 heavy (non-hydrogen) atoms. The Labute approximate surface area is 144 Å². The van der Waals surface area contributed by atoms with E-state index in [0.717, 1.165) is 15.8 Å². The van der Waals surface area contributed by atoms with Crippen LogP contribution in [0.25, 0.3) is 0 Å². The molecule has 1 amide bonds. The maximum atomic E-state index is 12.1. The van der Waals surface area contributed by atoms with Crippen molar-refractivity contribution in [1.29, 1.82) is 0 Å². The second kappa shape index (κ2) is 8.20. The van der Waals surface area contributed by atoms with Gasteiger partial charge < -0.3 is 9.64 Å². The fourth-order valence-corrected chi connectivity index (χ4v) is 2.46. The fourth-order valence-electron chi connectivity index (χ4n) is 1.96. The minimum atomic E-state index is 0.0462. The van der Waals surface area contributed by atoms with E-state index in [9.17, 15) is 4.79 Å². The molecule has 0 saturated heterocycles. The van der Waals surface area contributed by atoms with E-state index < -0.39 is 0 Å². The number of halogens is 2. The van der Waals surface area contributed by atoms with E-state index in [-0.39, 0.29) is 5.91 Å². The van der Waals surface area contributed by atoms with Gasteiger partial charge in [-0.15, -0.1) is 0 Å². The zero-order chi connectivity index (χ0) is 15.9. The Balaban J connectivity index is 1.77. The highest BCUT2D eigenvalue weighted by Gasteiger charge is 2.09. The summed E-state index contributed by atoms with van der Waals surface area (Å²) in [5.41, 5.74) is 1.05. The smallest absolute Gasteiger partial charge is 0.226 e. The lowest BCUT2D eigenvalue weighted by Gasteiger charge is -2.17. The molecule has 5 heteroatoms. The van der Waals surface area contributed by atoms with Gasteiger partial charge in [-0.05, 0) is 35.9 Å². The number of ether oxygens (including phenoxy) is 1. The monoisotopic (exact) mass is 381 g/mol. The third kappa shape index (κ3) is 5.35. The SMILES string of the molecule is CN(Cc1ccc(Cl)cc1)C(=O)CCOc1cccc(Br)c1. The van der Waals surface area contributed by atoms with Gasteiger partial charge in [0.15, 0.2) is 0 Å². The van der Waals surface area contributed by atoms with Crippen LogP contribution >= 0.6 is 27.5 Å². The maximum Gasteiger partial charge on any atom is 0.226 e. The number of benzene rings is 2. The molecule has 0 unspecified atom stereocenters. The van der Waals surface area contributed by atoms with Crippen LogP contribution in [-0.4, -0.2) is 24.5 Å². The van der Waals surface area contributed by atoms with Crippen molar-refractivity contribution in [3.63, 3.8) is 0 Å². The molecule has 0 aliphatic rings. The number of amides is 1. The fraction of sp³-hybridized carbons (Fsp3) is 0.235. The molecule has 0 spiro atoms. The van der Waals surface area contributed by atoms with E-state index >= 15 is 0 Å². The molecule has 0 heterocycles. The molecule has 3 nitrogen and oxygen atoms in total. The number of carbonyl (C=O) groups excluding carboxylic acids is 1. The quantitative estimate of drug-likeness (QED) is 0.734. The standard InChI is InChI=1S/C17H17BrClNO2/c1-20(12-13-5-7-15(19)8-6-13)17(21)9-10-22-16-4-2-3-14(18)11-16/h2-8,11H,9-10,12H2,1H3. The van der Waals surface area contributed by atoms with Crippen molar-refractivity contribution in [1.82, 2.24) is 4.90 Å². The summed E-state index contributed by atoms with van der Waals surface area (Å²) in [7, 11) is 1.79. The van der Waals surface area contributed by atoms with E-state index in [4.69, 9.17) is 16.3 Å². The average molecular weight is 383 g/mol. The van der Waals surface area contributed by atoms with Crippen LogP contribution < -0.4 is 4.74 Å². The molecule has 0 aromatic heterocycles. The average Bonchev–Trinajstić information content (AvgIpc) is 2.49. The maximum absolute atomic E-state index is 12.1. The van der Waals surface area contributed by atoms with E-state index in [0.29, 0.717) is 24.6 Å². The van der Waals surface area contributed by atoms with Crippen LogP contribution in [-0.2, 0) is 11.3 Å². The first kappa shape index (κ1) is 16.8. The molecule has 0 atom stereocenters. The Morgan fingerprint density at radius 2 is 1.95 bits per heavy atom. The van der Waals surface area contributed by atoms with E-state index in [1.54, 1.807) is 11.9 Å². The van der Waals surface area contributed by atoms with Gasteiger partial charge in [-0.1, -0.05) is 45.7 Å². The van der Waals surface area contributed by atoms with Crippen molar-refractivity contribution in [2.24, 2.45) is 0 Å². The molecule has 2 aromatic rings. The molecule has 0 radical (unpaired) electrons. The first-order valence-electron chi connectivity index (χ1n) is 6.91. The molecule has 0 aliphatic heterocycles. The molecule has 0 bridgehead atoms. The lowest BCUT2D eigenvalue weighted by atomic mass is 10.2. The number of hydrogen-bond acceptors (Lipinski definition) is 2. The first-order valence-corrected chi connectivity index (χ1v) is 8.08. The normalized spacial score (nSPS) is 10.3. The Bertz CT molecular complexity index is 631. The molecular formula is C17H17BrClNO2. The van der Waals surface area contributed by atoms with Crippen molar-refractivity contribution < 1.29 is 9.53 Å². The van der Waals surface area contributed by atoms with Gasteiger partial charge in [-0.25, -0.2) is 0 Å². The van der Waals surface area contributed by atoms with Crippen molar-refractivity contribution >= 4 is 33.4 Å². The molecule has 0 saturated carbocycles. The molecule has 116 valence electrons. The Morgan fingerprint density at radius 3 is 2.64 bits per heavy atom. The minimum Gasteiger partial charge on any atom is -0.493 e. The van der Waals surface area contributed by atoms with Gasteiger partial charge in [0.25, 0.3) is 0 Å². The predicted octanol–water partition coefficient (Wildman–Crippen LogP) is 4.53. The van der Waals surface area contributed by atoms with Crippen LogP contribution in [0.2, 0.25) is 5.02 Å². The lowest BCUT2D eigenvalue weighted by molar-refractivity contribution is -0.130. The van der Waals surface area contributed by atoms with E-state index in [1.807, 2.05) is 48.5 Å². The van der Waals surface area contributed by atoms with Gasteiger partial charge in [-0.2, -0.15) is 0 Å². The van der Waals surface area contributed by atoms with Gasteiger partial charge in [0.05, 0.1) is 13.0 Å². The van der Waals surface area contributed by atoms with Crippen LogP contribution in [0.15, 0.2) is 53.0 Å². The van der Waals surface area contributed by atoms with E-state index in [1.165, 1.54) is 0 Å². The minimum absolute atomic E-state index is 0.0462. The summed E-state index contributed by atoms with van der Waals surface area (Å²) >= 11 is 9.23. The summed E-state index contributed by atoms with van der Waals surface area (Å²) < 4.78 is 6.53. The summed E-state index contributed by atoms with van der Waals surface area (Å²) in [6.45, 7) is 0.924. The molecular weight excluding hydrogens is 366 g/mol. The number of nitrogens with zero attached hydrogens (tertiary/aromatic N) is 1. The predicted molar refractivity (Wildman–Crippen MR) is 92.2 cm³/mol. The second-order valence-corrected chi connectivity index (χ2v) is 6.28. The summed E-state index contributed by atoms with van der Waals surface area (Å²) in [6.07, 6.45) is 0.344. The number of hydrogen-bond donors (Lipinski definition) is 0. The molecule has 0 fully saturated rings. The van der Waals surface area contributed by atoms with Crippen molar-refractivity contribution in [3.8, 4) is 5.75 Å². The Morgan fingerprint density at radius 1 is 1.23 bits per heavy atom. The summed E-state index contributed by atoms with van der Waals surface area (Å²) in [6, 6.07) is 15.1. The third-order valence-electron chi connectivity index (χ3n) is 3.14. The topological polar surface area (TPSA) is 29.5 Å². The van der Waals surface area contributed by atoms with Crippen LogP contribution in [0.3, 0.4) is 0 Å². The van der Waals surface area contributed by atoms with Crippen LogP contribution in [0.4, 0.5) is 0 Å². The van der Waals surface area contributed by atoms with Gasteiger partial charge in [0, 0.05) is 23.1 Å². The molecule has 2 aromatic carbocycles. The first-order chi connectivity index (χ1) is 10.5. The summed E-state index contributed by atoms with van der Waals surface area (Å²) in [5.74, 6) is 0.799. The van der Waals surface area contributed by atoms with Crippen molar-refractivity contribution in [2.45, 2.75) is 13.0 Å². The van der Waals surface area contributed by atoms with Gasteiger partial charge in [0.1, 0.15) is 5.75 Å². The second-order valence-electron chi connectivity index (χ2n) is 4.93. The zero-order valence-electron chi connectivity index (χ0n) is 12.3. The van der Waals surface area contributed by atoms with Gasteiger partial charge in [-0.3, -0.25) is 4.79 Å². The van der Waals surface area contributed by atoms with Gasteiger partial charge in [0.2, 0.25) is 5.91 Å². The summed E-state index contributed by atoms with van der Waals surface area (Å²) in [5, 5.41) is 0.695. The highest BCUT2D eigenvalue weighted by atomic mass is 79.9. The van der Waals surface area contributed by atoms with Crippen molar-refractivity contribution in [2.75, 3.05) is 13.7 Å². The van der Waals surface area contributed by atoms with Crippen LogP contribution in [0, 0.1) is 0 Å². The van der Waals surface area contributed by atoms with Crippen molar-refractivity contribution in [3.05, 3.63) is 63.6 Å². The molecule has 2 rings (SSSR count). The lowest BCUT2D eigenvalue weighted by Crippen LogP contribution is -2.27. The zero-order valence-corrected chi connectivity index (χ0v) is 14.6. The highest BCUT2D eigenvalue weighted by Crippen LogP contribution is 2.18.